The van der Waals surface area contributed by atoms with Crippen molar-refractivity contribution in [1.82, 2.24) is 10.2 Å². The molecule has 2 aromatic carbocycles. The second-order valence-electron chi connectivity index (χ2n) is 7.09. The van der Waals surface area contributed by atoms with E-state index in [-0.39, 0.29) is 11.6 Å². The minimum absolute atomic E-state index is 0.0158. The van der Waals surface area contributed by atoms with Gasteiger partial charge in [0.1, 0.15) is 5.69 Å². The predicted octanol–water partition coefficient (Wildman–Crippen LogP) is 3.12. The van der Waals surface area contributed by atoms with Crippen molar-refractivity contribution in [3.05, 3.63) is 69.2 Å². The van der Waals surface area contributed by atoms with Crippen LogP contribution in [0.4, 0.5) is 11.4 Å². The predicted molar refractivity (Wildman–Crippen MR) is 115 cm³/mol. The molecule has 1 amide bonds. The third-order valence-corrected chi connectivity index (χ3v) is 5.26. The van der Waals surface area contributed by atoms with Crippen molar-refractivity contribution in [3.8, 4) is 0 Å². The maximum absolute atomic E-state index is 12.2. The van der Waals surface area contributed by atoms with Gasteiger partial charge >= 0.3 is 0 Å². The molecule has 1 fully saturated rings. The molecule has 0 aromatic heterocycles. The Labute approximate surface area is 175 Å². The van der Waals surface area contributed by atoms with Gasteiger partial charge in [-0.05, 0) is 30.5 Å². The van der Waals surface area contributed by atoms with Crippen LogP contribution in [0.25, 0.3) is 0 Å². The van der Waals surface area contributed by atoms with Crippen molar-refractivity contribution in [3.63, 3.8) is 0 Å². The van der Waals surface area contributed by atoms with Crippen LogP contribution in [0.2, 0.25) is 5.02 Å². The average Bonchev–Trinajstić information content (AvgIpc) is 2.72. The Bertz CT molecular complexity index is 839. The van der Waals surface area contributed by atoms with Gasteiger partial charge in [0, 0.05) is 43.8 Å². The Morgan fingerprint density at radius 2 is 1.83 bits per heavy atom. The Balaban J connectivity index is 1.40. The second kappa shape index (κ2) is 10.2. The molecule has 0 bridgehead atoms. The topological polar surface area (TPSA) is 78.7 Å². The van der Waals surface area contributed by atoms with E-state index < -0.39 is 4.92 Å². The zero-order valence-electron chi connectivity index (χ0n) is 16.2. The number of rotatable bonds is 8. The Hall–Kier alpha value is -2.64. The molecule has 0 atom stereocenters. The number of benzene rings is 2. The lowest BCUT2D eigenvalue weighted by Gasteiger charge is -2.35. The zero-order valence-corrected chi connectivity index (χ0v) is 17.0. The maximum atomic E-state index is 12.2. The highest BCUT2D eigenvalue weighted by molar-refractivity contribution is 6.30. The first kappa shape index (κ1) is 21.1. The molecule has 0 saturated carbocycles. The van der Waals surface area contributed by atoms with E-state index in [9.17, 15) is 14.9 Å². The molecule has 0 unspecified atom stereocenters. The van der Waals surface area contributed by atoms with Gasteiger partial charge in [-0.25, -0.2) is 0 Å². The van der Waals surface area contributed by atoms with E-state index in [2.05, 4.69) is 22.3 Å². The molecule has 0 radical (unpaired) electrons. The molecule has 154 valence electrons. The number of anilines is 1. The normalized spacial score (nSPS) is 14.6. The van der Waals surface area contributed by atoms with Crippen LogP contribution in [0.3, 0.4) is 0 Å². The lowest BCUT2D eigenvalue weighted by atomic mass is 10.1. The fourth-order valence-electron chi connectivity index (χ4n) is 3.48. The molecule has 1 saturated heterocycles. The summed E-state index contributed by atoms with van der Waals surface area (Å²) in [6.45, 7) is 3.62. The van der Waals surface area contributed by atoms with E-state index in [0.29, 0.717) is 50.0 Å². The number of nitrogens with zero attached hydrogens (tertiary/aromatic N) is 3. The van der Waals surface area contributed by atoms with Gasteiger partial charge in [0.05, 0.1) is 11.5 Å². The summed E-state index contributed by atoms with van der Waals surface area (Å²) in [5, 5.41) is 14.6. The summed E-state index contributed by atoms with van der Waals surface area (Å²) in [5.41, 5.74) is 1.86. The van der Waals surface area contributed by atoms with Gasteiger partial charge < -0.3 is 10.2 Å². The number of halogens is 1. The van der Waals surface area contributed by atoms with Gasteiger partial charge in [-0.1, -0.05) is 41.9 Å². The molecule has 1 heterocycles. The van der Waals surface area contributed by atoms with Crippen LogP contribution in [0.5, 0.6) is 0 Å². The van der Waals surface area contributed by atoms with Crippen molar-refractivity contribution in [2.24, 2.45) is 0 Å². The fraction of sp³-hybridized carbons (Fsp3) is 0.381. The van der Waals surface area contributed by atoms with E-state index in [1.165, 1.54) is 11.6 Å². The highest BCUT2D eigenvalue weighted by Gasteiger charge is 2.24. The number of nitro benzene ring substituents is 1. The SMILES string of the molecule is O=C(CN1CCN(c2ccc(Cl)cc2[N+](=O)[O-])CC1)NCCCc1ccccc1. The van der Waals surface area contributed by atoms with Gasteiger partial charge in [0.25, 0.3) is 5.69 Å². The van der Waals surface area contributed by atoms with Crippen LogP contribution < -0.4 is 10.2 Å². The minimum Gasteiger partial charge on any atom is -0.363 e. The van der Waals surface area contributed by atoms with Crippen molar-refractivity contribution in [2.75, 3.05) is 44.2 Å². The largest absolute Gasteiger partial charge is 0.363 e. The number of piperazine rings is 1. The van der Waals surface area contributed by atoms with E-state index >= 15 is 0 Å². The van der Waals surface area contributed by atoms with E-state index in [1.807, 2.05) is 23.1 Å². The third-order valence-electron chi connectivity index (χ3n) is 5.02. The smallest absolute Gasteiger partial charge is 0.294 e. The van der Waals surface area contributed by atoms with E-state index in [0.717, 1.165) is 12.8 Å². The van der Waals surface area contributed by atoms with Crippen LogP contribution in [-0.2, 0) is 11.2 Å². The Morgan fingerprint density at radius 1 is 1.10 bits per heavy atom. The first-order valence-corrected chi connectivity index (χ1v) is 10.1. The van der Waals surface area contributed by atoms with Gasteiger partial charge in [-0.15, -0.1) is 0 Å². The minimum atomic E-state index is -0.406. The maximum Gasteiger partial charge on any atom is 0.294 e. The molecule has 29 heavy (non-hydrogen) atoms. The highest BCUT2D eigenvalue weighted by atomic mass is 35.5. The van der Waals surface area contributed by atoms with Crippen LogP contribution in [0, 0.1) is 10.1 Å². The molecule has 7 nitrogen and oxygen atoms in total. The molecule has 0 aliphatic carbocycles. The number of hydrogen-bond donors (Lipinski definition) is 1. The number of aryl methyl sites for hydroxylation is 1. The van der Waals surface area contributed by atoms with Gasteiger partial charge in [0.2, 0.25) is 5.91 Å². The van der Waals surface area contributed by atoms with Gasteiger partial charge in [-0.2, -0.15) is 0 Å². The zero-order chi connectivity index (χ0) is 20.6. The summed E-state index contributed by atoms with van der Waals surface area (Å²) in [6, 6.07) is 15.0. The number of carbonyl (C=O) groups excluding carboxylic acids is 1. The lowest BCUT2D eigenvalue weighted by Crippen LogP contribution is -2.49. The van der Waals surface area contributed by atoms with Gasteiger partial charge in [0.15, 0.2) is 0 Å². The molecule has 3 rings (SSSR count). The molecule has 1 aliphatic rings. The lowest BCUT2D eigenvalue weighted by molar-refractivity contribution is -0.384. The number of nitrogens with one attached hydrogen (secondary N) is 1. The van der Waals surface area contributed by atoms with Crippen molar-refractivity contribution in [1.29, 1.82) is 0 Å². The first-order valence-electron chi connectivity index (χ1n) is 9.75. The highest BCUT2D eigenvalue weighted by Crippen LogP contribution is 2.31. The molecular weight excluding hydrogens is 392 g/mol. The van der Waals surface area contributed by atoms with Crippen LogP contribution >= 0.6 is 11.6 Å². The molecular formula is C21H25ClN4O3. The Morgan fingerprint density at radius 3 is 2.52 bits per heavy atom. The molecule has 1 N–H and O–H groups in total. The number of hydrogen-bond acceptors (Lipinski definition) is 5. The monoisotopic (exact) mass is 416 g/mol. The van der Waals surface area contributed by atoms with Crippen LogP contribution in [-0.4, -0.2) is 55.0 Å². The van der Waals surface area contributed by atoms with Gasteiger partial charge in [-0.3, -0.25) is 19.8 Å². The average molecular weight is 417 g/mol. The number of carbonyl (C=O) groups is 1. The summed E-state index contributed by atoms with van der Waals surface area (Å²) in [5.74, 6) is 0.0176. The summed E-state index contributed by atoms with van der Waals surface area (Å²) < 4.78 is 0. The summed E-state index contributed by atoms with van der Waals surface area (Å²) in [4.78, 5) is 27.1. The molecule has 8 heteroatoms. The van der Waals surface area contributed by atoms with E-state index in [1.54, 1.807) is 12.1 Å². The summed E-state index contributed by atoms with van der Waals surface area (Å²) in [7, 11) is 0. The molecule has 0 spiro atoms. The number of amides is 1. The van der Waals surface area contributed by atoms with Crippen LogP contribution in [0.15, 0.2) is 48.5 Å². The first-order chi connectivity index (χ1) is 14.0. The van der Waals surface area contributed by atoms with Crippen molar-refractivity contribution in [2.45, 2.75) is 12.8 Å². The standard InChI is InChI=1S/C21H25ClN4O3/c22-18-8-9-19(20(15-18)26(28)29)25-13-11-24(12-14-25)16-21(27)23-10-4-7-17-5-2-1-3-6-17/h1-3,5-6,8-9,15H,4,7,10-14,16H2,(H,23,27). The fourth-order valence-corrected chi connectivity index (χ4v) is 3.65. The summed E-state index contributed by atoms with van der Waals surface area (Å²) >= 11 is 5.89. The van der Waals surface area contributed by atoms with Crippen molar-refractivity contribution < 1.29 is 9.72 Å². The second-order valence-corrected chi connectivity index (χ2v) is 7.53. The third kappa shape index (κ3) is 6.17. The molecule has 1 aliphatic heterocycles. The quantitative estimate of drug-likeness (QED) is 0.406. The van der Waals surface area contributed by atoms with E-state index in [4.69, 9.17) is 11.6 Å². The number of nitro groups is 1. The molecule has 2 aromatic rings. The summed E-state index contributed by atoms with van der Waals surface area (Å²) in [6.07, 6.45) is 1.85. The Kier molecular flexibility index (Phi) is 7.43. The van der Waals surface area contributed by atoms with Crippen molar-refractivity contribution >= 4 is 28.9 Å². The van der Waals surface area contributed by atoms with Crippen LogP contribution in [0.1, 0.15) is 12.0 Å².